The summed E-state index contributed by atoms with van der Waals surface area (Å²) in [5.74, 6) is 0.618. The first-order chi connectivity index (χ1) is 8.24. The highest BCUT2D eigenvalue weighted by Crippen LogP contribution is 2.16. The maximum atomic E-state index is 5.54. The van der Waals surface area contributed by atoms with Crippen LogP contribution in [0.25, 0.3) is 5.95 Å². The first kappa shape index (κ1) is 11.7. The van der Waals surface area contributed by atoms with Crippen LogP contribution in [0.4, 0.5) is 0 Å². The SMILES string of the molecule is Cc1nn(-c2ncccn2)c(C)c1CCCN. The fourth-order valence-electron chi connectivity index (χ4n) is 1.91. The van der Waals surface area contributed by atoms with Crippen molar-refractivity contribution in [1.82, 2.24) is 19.7 Å². The van der Waals surface area contributed by atoms with Gasteiger partial charge in [0.1, 0.15) is 0 Å². The first-order valence-electron chi connectivity index (χ1n) is 5.76. The van der Waals surface area contributed by atoms with Gasteiger partial charge in [0.2, 0.25) is 0 Å². The van der Waals surface area contributed by atoms with Gasteiger partial charge in [-0.25, -0.2) is 14.6 Å². The zero-order valence-electron chi connectivity index (χ0n) is 10.2. The fourth-order valence-corrected chi connectivity index (χ4v) is 1.91. The maximum absolute atomic E-state index is 5.54. The lowest BCUT2D eigenvalue weighted by atomic mass is 10.1. The number of hydrogen-bond donors (Lipinski definition) is 1. The Hall–Kier alpha value is -1.75. The Balaban J connectivity index is 2.37. The van der Waals surface area contributed by atoms with Crippen molar-refractivity contribution in [2.24, 2.45) is 5.73 Å². The summed E-state index contributed by atoms with van der Waals surface area (Å²) in [7, 11) is 0. The summed E-state index contributed by atoms with van der Waals surface area (Å²) in [6.45, 7) is 4.76. The van der Waals surface area contributed by atoms with Crippen molar-refractivity contribution in [3.05, 3.63) is 35.4 Å². The smallest absolute Gasteiger partial charge is 0.250 e. The van der Waals surface area contributed by atoms with Crippen LogP contribution in [0.1, 0.15) is 23.4 Å². The van der Waals surface area contributed by atoms with Crippen LogP contribution in [0.2, 0.25) is 0 Å². The van der Waals surface area contributed by atoms with Gasteiger partial charge >= 0.3 is 0 Å². The van der Waals surface area contributed by atoms with E-state index in [0.717, 1.165) is 24.2 Å². The van der Waals surface area contributed by atoms with Crippen molar-refractivity contribution in [1.29, 1.82) is 0 Å². The van der Waals surface area contributed by atoms with Crippen LogP contribution < -0.4 is 5.73 Å². The van der Waals surface area contributed by atoms with E-state index in [1.54, 1.807) is 23.1 Å². The van der Waals surface area contributed by atoms with Crippen LogP contribution in [-0.2, 0) is 6.42 Å². The molecule has 0 aliphatic carbocycles. The molecule has 5 heteroatoms. The summed E-state index contributed by atoms with van der Waals surface area (Å²) in [6, 6.07) is 1.80. The van der Waals surface area contributed by atoms with Crippen LogP contribution in [0.3, 0.4) is 0 Å². The normalized spacial score (nSPS) is 10.8. The number of aryl methyl sites for hydroxylation is 1. The van der Waals surface area contributed by atoms with Crippen LogP contribution >= 0.6 is 0 Å². The third kappa shape index (κ3) is 2.34. The van der Waals surface area contributed by atoms with E-state index in [4.69, 9.17) is 5.73 Å². The molecular formula is C12H17N5. The lowest BCUT2D eigenvalue weighted by Crippen LogP contribution is -2.05. The topological polar surface area (TPSA) is 69.6 Å². The average Bonchev–Trinajstić information content (AvgIpc) is 2.64. The number of aromatic nitrogens is 4. The third-order valence-electron chi connectivity index (χ3n) is 2.81. The molecular weight excluding hydrogens is 214 g/mol. The Morgan fingerprint density at radius 1 is 1.24 bits per heavy atom. The first-order valence-corrected chi connectivity index (χ1v) is 5.76. The minimum atomic E-state index is 0.618. The largest absolute Gasteiger partial charge is 0.330 e. The monoisotopic (exact) mass is 231 g/mol. The van der Waals surface area contributed by atoms with Crippen molar-refractivity contribution in [2.45, 2.75) is 26.7 Å². The lowest BCUT2D eigenvalue weighted by molar-refractivity contribution is 0.770. The van der Waals surface area contributed by atoms with Gasteiger partial charge in [0, 0.05) is 18.1 Å². The van der Waals surface area contributed by atoms with E-state index in [1.807, 2.05) is 13.8 Å². The van der Waals surface area contributed by atoms with Crippen LogP contribution in [0.5, 0.6) is 0 Å². The van der Waals surface area contributed by atoms with E-state index >= 15 is 0 Å². The Labute approximate surface area is 101 Å². The quantitative estimate of drug-likeness (QED) is 0.857. The molecule has 2 N–H and O–H groups in total. The van der Waals surface area contributed by atoms with E-state index in [1.165, 1.54) is 5.56 Å². The minimum Gasteiger partial charge on any atom is -0.330 e. The highest BCUT2D eigenvalue weighted by atomic mass is 15.4. The van der Waals surface area contributed by atoms with Crippen LogP contribution in [0, 0.1) is 13.8 Å². The van der Waals surface area contributed by atoms with Gasteiger partial charge in [-0.15, -0.1) is 0 Å². The second kappa shape index (κ2) is 5.05. The molecule has 0 atom stereocenters. The predicted molar refractivity (Wildman–Crippen MR) is 66.0 cm³/mol. The lowest BCUT2D eigenvalue weighted by Gasteiger charge is -2.02. The van der Waals surface area contributed by atoms with Gasteiger partial charge in [-0.2, -0.15) is 5.10 Å². The van der Waals surface area contributed by atoms with Gasteiger partial charge in [0.15, 0.2) is 0 Å². The Kier molecular flexibility index (Phi) is 3.49. The van der Waals surface area contributed by atoms with Crippen molar-refractivity contribution >= 4 is 0 Å². The molecule has 5 nitrogen and oxygen atoms in total. The maximum Gasteiger partial charge on any atom is 0.250 e. The molecule has 2 heterocycles. The van der Waals surface area contributed by atoms with Crippen molar-refractivity contribution in [3.8, 4) is 5.95 Å². The Morgan fingerprint density at radius 3 is 2.59 bits per heavy atom. The highest BCUT2D eigenvalue weighted by Gasteiger charge is 2.13. The number of rotatable bonds is 4. The molecule has 0 saturated heterocycles. The minimum absolute atomic E-state index is 0.618. The Bertz CT molecular complexity index is 489. The summed E-state index contributed by atoms with van der Waals surface area (Å²) in [5, 5.41) is 4.48. The van der Waals surface area contributed by atoms with Crippen LogP contribution in [-0.4, -0.2) is 26.3 Å². The summed E-state index contributed by atoms with van der Waals surface area (Å²) < 4.78 is 1.79. The molecule has 90 valence electrons. The fraction of sp³-hybridized carbons (Fsp3) is 0.417. The standard InChI is InChI=1S/C12H17N5/c1-9-11(5-3-6-13)10(2)17(16-9)12-14-7-4-8-15-12/h4,7-8H,3,5-6,13H2,1-2H3. The number of nitrogens with zero attached hydrogens (tertiary/aromatic N) is 4. The number of nitrogens with two attached hydrogens (primary N) is 1. The molecule has 0 saturated carbocycles. The second-order valence-electron chi connectivity index (χ2n) is 4.00. The molecule has 17 heavy (non-hydrogen) atoms. The molecule has 0 aromatic carbocycles. The molecule has 2 aromatic rings. The van der Waals surface area contributed by atoms with Crippen molar-refractivity contribution in [3.63, 3.8) is 0 Å². The molecule has 0 aliphatic rings. The summed E-state index contributed by atoms with van der Waals surface area (Å²) >= 11 is 0. The summed E-state index contributed by atoms with van der Waals surface area (Å²) in [6.07, 6.45) is 5.38. The van der Waals surface area contributed by atoms with E-state index in [-0.39, 0.29) is 0 Å². The Morgan fingerprint density at radius 2 is 1.94 bits per heavy atom. The molecule has 0 bridgehead atoms. The van der Waals surface area contributed by atoms with Gasteiger partial charge in [0.05, 0.1) is 5.69 Å². The molecule has 0 fully saturated rings. The van der Waals surface area contributed by atoms with Gasteiger partial charge in [-0.05, 0) is 44.9 Å². The van der Waals surface area contributed by atoms with Gasteiger partial charge in [0.25, 0.3) is 5.95 Å². The van der Waals surface area contributed by atoms with Gasteiger partial charge < -0.3 is 5.73 Å². The van der Waals surface area contributed by atoms with Gasteiger partial charge in [-0.3, -0.25) is 0 Å². The molecule has 2 rings (SSSR count). The predicted octanol–water partition coefficient (Wildman–Crippen LogP) is 1.17. The van der Waals surface area contributed by atoms with Gasteiger partial charge in [-0.1, -0.05) is 0 Å². The van der Waals surface area contributed by atoms with Crippen LogP contribution in [0.15, 0.2) is 18.5 Å². The zero-order chi connectivity index (χ0) is 12.3. The van der Waals surface area contributed by atoms with E-state index in [2.05, 4.69) is 15.1 Å². The average molecular weight is 231 g/mol. The molecule has 2 aromatic heterocycles. The van der Waals surface area contributed by atoms with E-state index < -0.39 is 0 Å². The molecule has 0 unspecified atom stereocenters. The number of hydrogen-bond acceptors (Lipinski definition) is 4. The van der Waals surface area contributed by atoms with E-state index in [0.29, 0.717) is 12.5 Å². The summed E-state index contributed by atoms with van der Waals surface area (Å²) in [4.78, 5) is 8.42. The second-order valence-corrected chi connectivity index (χ2v) is 4.00. The van der Waals surface area contributed by atoms with E-state index in [9.17, 15) is 0 Å². The molecule has 0 spiro atoms. The zero-order valence-corrected chi connectivity index (χ0v) is 10.2. The molecule has 0 amide bonds. The van der Waals surface area contributed by atoms with Crippen molar-refractivity contribution < 1.29 is 0 Å². The third-order valence-corrected chi connectivity index (χ3v) is 2.81. The molecule has 0 radical (unpaired) electrons. The molecule has 0 aliphatic heterocycles. The summed E-state index contributed by atoms with van der Waals surface area (Å²) in [5.41, 5.74) is 8.93. The van der Waals surface area contributed by atoms with Crippen molar-refractivity contribution in [2.75, 3.05) is 6.54 Å². The highest BCUT2D eigenvalue weighted by molar-refractivity contribution is 5.29.